The number of hydrogen-bond acceptors (Lipinski definition) is 4. The van der Waals surface area contributed by atoms with Gasteiger partial charge < -0.3 is 24.5 Å². The summed E-state index contributed by atoms with van der Waals surface area (Å²) >= 11 is 0. The predicted octanol–water partition coefficient (Wildman–Crippen LogP) is 3.77. The van der Waals surface area contributed by atoms with Crippen molar-refractivity contribution in [2.24, 2.45) is 0 Å². The summed E-state index contributed by atoms with van der Waals surface area (Å²) in [6.07, 6.45) is 7.48. The molecule has 0 radical (unpaired) electrons. The Kier molecular flexibility index (Phi) is 6.62. The molecule has 2 aromatic carbocycles. The quantitative estimate of drug-likeness (QED) is 0.422. The lowest BCUT2D eigenvalue weighted by Crippen LogP contribution is -2.15. The highest BCUT2D eigenvalue weighted by Crippen LogP contribution is 2.21. The number of ether oxygens (including phenoxy) is 1. The Morgan fingerprint density at radius 2 is 1.88 bits per heavy atom. The SMILES string of the molecule is COCCn1ccc2cc(NC(=O)c3cccc(NC(=O)CCn4ccnc4)c3)ccc21. The van der Waals surface area contributed by atoms with Gasteiger partial charge in [0.15, 0.2) is 0 Å². The van der Waals surface area contributed by atoms with Crippen LogP contribution in [0.1, 0.15) is 16.8 Å². The molecule has 2 heterocycles. The minimum atomic E-state index is -0.238. The third-order valence-electron chi connectivity index (χ3n) is 5.13. The van der Waals surface area contributed by atoms with E-state index >= 15 is 0 Å². The maximum Gasteiger partial charge on any atom is 0.255 e. The van der Waals surface area contributed by atoms with Gasteiger partial charge in [-0.15, -0.1) is 0 Å². The first-order valence-corrected chi connectivity index (χ1v) is 10.4. The van der Waals surface area contributed by atoms with Crippen LogP contribution in [-0.4, -0.2) is 39.6 Å². The van der Waals surface area contributed by atoms with Gasteiger partial charge in [-0.05, 0) is 42.5 Å². The predicted molar refractivity (Wildman–Crippen MR) is 124 cm³/mol. The van der Waals surface area contributed by atoms with E-state index in [9.17, 15) is 9.59 Å². The van der Waals surface area contributed by atoms with E-state index in [4.69, 9.17) is 4.74 Å². The van der Waals surface area contributed by atoms with Crippen LogP contribution in [0.15, 0.2) is 73.4 Å². The average molecular weight is 431 g/mol. The van der Waals surface area contributed by atoms with E-state index in [-0.39, 0.29) is 11.8 Å². The highest BCUT2D eigenvalue weighted by atomic mass is 16.5. The highest BCUT2D eigenvalue weighted by molar-refractivity contribution is 6.06. The molecule has 2 N–H and O–H groups in total. The highest BCUT2D eigenvalue weighted by Gasteiger charge is 2.10. The Bertz CT molecular complexity index is 1210. The molecule has 8 heteroatoms. The molecule has 0 aliphatic heterocycles. The van der Waals surface area contributed by atoms with Crippen molar-refractivity contribution in [2.75, 3.05) is 24.4 Å². The number of aryl methyl sites for hydroxylation is 1. The summed E-state index contributed by atoms with van der Waals surface area (Å²) in [6, 6.07) is 14.7. The molecule has 2 aromatic heterocycles. The summed E-state index contributed by atoms with van der Waals surface area (Å²) in [4.78, 5) is 28.9. The van der Waals surface area contributed by atoms with E-state index in [0.717, 1.165) is 17.4 Å². The Balaban J connectivity index is 1.38. The van der Waals surface area contributed by atoms with Crippen LogP contribution in [0, 0.1) is 0 Å². The summed E-state index contributed by atoms with van der Waals surface area (Å²) in [5.41, 5.74) is 2.84. The largest absolute Gasteiger partial charge is 0.383 e. The Morgan fingerprint density at radius 3 is 2.69 bits per heavy atom. The van der Waals surface area contributed by atoms with Crippen molar-refractivity contribution in [3.8, 4) is 0 Å². The second kappa shape index (κ2) is 9.93. The van der Waals surface area contributed by atoms with Gasteiger partial charge in [0.1, 0.15) is 0 Å². The molecule has 0 saturated carbocycles. The number of imidazole rings is 1. The Labute approximate surface area is 185 Å². The molecular formula is C24H25N5O3. The first kappa shape index (κ1) is 21.3. The molecule has 8 nitrogen and oxygen atoms in total. The molecule has 0 bridgehead atoms. The van der Waals surface area contributed by atoms with Gasteiger partial charge in [0.05, 0.1) is 12.9 Å². The van der Waals surface area contributed by atoms with Crippen LogP contribution in [-0.2, 0) is 22.6 Å². The molecule has 0 unspecified atom stereocenters. The van der Waals surface area contributed by atoms with Gasteiger partial charge in [-0.25, -0.2) is 4.98 Å². The maximum absolute atomic E-state index is 12.8. The van der Waals surface area contributed by atoms with E-state index in [0.29, 0.717) is 36.5 Å². The van der Waals surface area contributed by atoms with Gasteiger partial charge in [-0.1, -0.05) is 6.07 Å². The summed E-state index contributed by atoms with van der Waals surface area (Å²) in [5.74, 6) is -0.364. The molecular weight excluding hydrogens is 406 g/mol. The number of nitrogens with zero attached hydrogens (tertiary/aromatic N) is 3. The summed E-state index contributed by atoms with van der Waals surface area (Å²) in [6.45, 7) is 1.95. The first-order chi connectivity index (χ1) is 15.6. The molecule has 164 valence electrons. The maximum atomic E-state index is 12.8. The lowest BCUT2D eigenvalue weighted by molar-refractivity contribution is -0.116. The number of amides is 2. The van der Waals surface area contributed by atoms with Gasteiger partial charge in [-0.3, -0.25) is 9.59 Å². The van der Waals surface area contributed by atoms with Crippen molar-refractivity contribution in [3.63, 3.8) is 0 Å². The fourth-order valence-electron chi connectivity index (χ4n) is 3.48. The monoisotopic (exact) mass is 431 g/mol. The van der Waals surface area contributed by atoms with Crippen LogP contribution in [0.5, 0.6) is 0 Å². The van der Waals surface area contributed by atoms with Gasteiger partial charge in [0.2, 0.25) is 5.91 Å². The van der Waals surface area contributed by atoms with Crippen LogP contribution in [0.2, 0.25) is 0 Å². The third-order valence-corrected chi connectivity index (χ3v) is 5.13. The number of anilines is 2. The summed E-state index contributed by atoms with van der Waals surface area (Å²) in [7, 11) is 1.68. The second-order valence-electron chi connectivity index (χ2n) is 7.41. The van der Waals surface area contributed by atoms with Gasteiger partial charge in [0.25, 0.3) is 5.91 Å². The standard InChI is InChI=1S/C24H25N5O3/c1-32-14-13-29-11-7-18-15-21(5-6-22(18)29)27-24(31)19-3-2-4-20(16-19)26-23(30)8-10-28-12-9-25-17-28/h2-7,9,11-12,15-17H,8,10,13-14H2,1H3,(H,26,30)(H,27,31). The van der Waals surface area contributed by atoms with E-state index in [1.807, 2.05) is 41.2 Å². The van der Waals surface area contributed by atoms with Crippen molar-refractivity contribution < 1.29 is 14.3 Å². The van der Waals surface area contributed by atoms with Crippen molar-refractivity contribution in [3.05, 3.63) is 79.0 Å². The molecule has 4 aromatic rings. The summed E-state index contributed by atoms with van der Waals surface area (Å²) in [5, 5.41) is 6.81. The zero-order valence-corrected chi connectivity index (χ0v) is 17.8. The molecule has 4 rings (SSSR count). The zero-order chi connectivity index (χ0) is 22.3. The number of rotatable bonds is 9. The van der Waals surface area contributed by atoms with E-state index in [1.54, 1.807) is 43.9 Å². The van der Waals surface area contributed by atoms with Crippen LogP contribution in [0.3, 0.4) is 0 Å². The van der Waals surface area contributed by atoms with Gasteiger partial charge >= 0.3 is 0 Å². The number of carbonyl (C=O) groups is 2. The smallest absolute Gasteiger partial charge is 0.255 e. The normalized spacial score (nSPS) is 10.9. The van der Waals surface area contributed by atoms with Crippen LogP contribution in [0.25, 0.3) is 10.9 Å². The molecule has 0 atom stereocenters. The number of carbonyl (C=O) groups excluding carboxylic acids is 2. The molecule has 0 saturated heterocycles. The first-order valence-electron chi connectivity index (χ1n) is 10.4. The van der Waals surface area contributed by atoms with E-state index < -0.39 is 0 Å². The molecule has 0 aliphatic rings. The number of benzene rings is 2. The molecule has 2 amide bonds. The fraction of sp³-hybridized carbons (Fsp3) is 0.208. The van der Waals surface area contributed by atoms with Crippen molar-refractivity contribution in [2.45, 2.75) is 19.5 Å². The lowest BCUT2D eigenvalue weighted by atomic mass is 10.1. The minimum Gasteiger partial charge on any atom is -0.383 e. The minimum absolute atomic E-state index is 0.125. The van der Waals surface area contributed by atoms with Crippen LogP contribution < -0.4 is 10.6 Å². The third kappa shape index (κ3) is 5.22. The lowest BCUT2D eigenvalue weighted by Gasteiger charge is -2.10. The van der Waals surface area contributed by atoms with Crippen LogP contribution >= 0.6 is 0 Å². The molecule has 32 heavy (non-hydrogen) atoms. The van der Waals surface area contributed by atoms with Gasteiger partial charge in [-0.2, -0.15) is 0 Å². The van der Waals surface area contributed by atoms with Crippen LogP contribution in [0.4, 0.5) is 11.4 Å². The number of methoxy groups -OCH3 is 1. The van der Waals surface area contributed by atoms with E-state index in [2.05, 4.69) is 20.2 Å². The van der Waals surface area contributed by atoms with Crippen molar-refractivity contribution in [1.82, 2.24) is 14.1 Å². The Morgan fingerprint density at radius 1 is 1.00 bits per heavy atom. The van der Waals surface area contributed by atoms with Crippen molar-refractivity contribution in [1.29, 1.82) is 0 Å². The van der Waals surface area contributed by atoms with E-state index in [1.165, 1.54) is 0 Å². The molecule has 0 fully saturated rings. The number of fused-ring (bicyclic) bond motifs is 1. The van der Waals surface area contributed by atoms with Gasteiger partial charge in [0, 0.05) is 73.1 Å². The fourth-order valence-corrected chi connectivity index (χ4v) is 3.48. The molecule has 0 aliphatic carbocycles. The Hall–Kier alpha value is -3.91. The second-order valence-corrected chi connectivity index (χ2v) is 7.41. The summed E-state index contributed by atoms with van der Waals surface area (Å²) < 4.78 is 9.10. The topological polar surface area (TPSA) is 90.2 Å². The average Bonchev–Trinajstić information content (AvgIpc) is 3.46. The molecule has 0 spiro atoms. The van der Waals surface area contributed by atoms with Crippen molar-refractivity contribution >= 4 is 34.1 Å². The number of hydrogen-bond donors (Lipinski definition) is 2. The zero-order valence-electron chi connectivity index (χ0n) is 17.8. The number of nitrogens with one attached hydrogen (secondary N) is 2. The number of aromatic nitrogens is 3.